The van der Waals surface area contributed by atoms with Gasteiger partial charge in [-0.2, -0.15) is 0 Å². The van der Waals surface area contributed by atoms with Crippen LogP contribution < -0.4 is 19.5 Å². The average molecular weight is 411 g/mol. The van der Waals surface area contributed by atoms with E-state index >= 15 is 0 Å². The molecule has 0 spiro atoms. The van der Waals surface area contributed by atoms with E-state index in [-0.39, 0.29) is 41.1 Å². The predicted molar refractivity (Wildman–Crippen MR) is 106 cm³/mol. The van der Waals surface area contributed by atoms with Crippen molar-refractivity contribution in [2.24, 2.45) is 0 Å². The first kappa shape index (κ1) is 22.7. The van der Waals surface area contributed by atoms with Crippen LogP contribution in [0, 0.1) is 10.1 Å². The van der Waals surface area contributed by atoms with Gasteiger partial charge in [0.05, 0.1) is 38.5 Å². The van der Waals surface area contributed by atoms with E-state index in [1.807, 2.05) is 20.8 Å². The van der Waals surface area contributed by atoms with Gasteiger partial charge in [-0.05, 0) is 20.8 Å². The van der Waals surface area contributed by atoms with Gasteiger partial charge in [-0.25, -0.2) is 0 Å². The van der Waals surface area contributed by atoms with E-state index in [2.05, 4.69) is 10.2 Å². The molecular formula is C19H29N3O7. The normalized spacial score (nSPS) is 20.6. The third kappa shape index (κ3) is 5.07. The molecule has 3 atom stereocenters. The van der Waals surface area contributed by atoms with Crippen LogP contribution in [-0.2, 0) is 4.74 Å². The summed E-state index contributed by atoms with van der Waals surface area (Å²) >= 11 is 0. The van der Waals surface area contributed by atoms with Crippen molar-refractivity contribution < 1.29 is 28.7 Å². The summed E-state index contributed by atoms with van der Waals surface area (Å²) in [7, 11) is 4.00. The van der Waals surface area contributed by atoms with Gasteiger partial charge in [-0.15, -0.1) is 0 Å². The zero-order chi connectivity index (χ0) is 21.7. The molecule has 0 saturated carbocycles. The minimum Gasteiger partial charge on any atom is -0.493 e. The van der Waals surface area contributed by atoms with Crippen LogP contribution in [0.3, 0.4) is 0 Å². The first-order valence-electron chi connectivity index (χ1n) is 9.38. The lowest BCUT2D eigenvalue weighted by atomic mass is 10.1. The number of benzene rings is 1. The standard InChI is InChI=1S/C19H29N3O7/c1-11(21-9-12(2)29-13(3)10-21)8-20-19(23)14-7-15(26-4)17(27-5)18(28-6)16(14)22(24)25/h7,11-13H,8-10H2,1-6H3,(H,20,23)/t11-,12-,13-/m0/s1. The van der Waals surface area contributed by atoms with Crippen LogP contribution in [0.2, 0.25) is 0 Å². The highest BCUT2D eigenvalue weighted by Crippen LogP contribution is 2.46. The van der Waals surface area contributed by atoms with Crippen molar-refractivity contribution in [2.75, 3.05) is 41.0 Å². The topological polar surface area (TPSA) is 112 Å². The number of amides is 1. The number of nitro groups is 1. The maximum atomic E-state index is 12.8. The number of hydrogen-bond acceptors (Lipinski definition) is 8. The lowest BCUT2D eigenvalue weighted by molar-refractivity contribution is -0.386. The zero-order valence-corrected chi connectivity index (χ0v) is 17.7. The second-order valence-corrected chi connectivity index (χ2v) is 7.07. The minimum absolute atomic E-state index is 0.0360. The highest BCUT2D eigenvalue weighted by Gasteiger charge is 2.33. The molecule has 0 aromatic heterocycles. The van der Waals surface area contributed by atoms with Crippen molar-refractivity contribution in [2.45, 2.75) is 39.0 Å². The number of ether oxygens (including phenoxy) is 4. The van der Waals surface area contributed by atoms with Crippen LogP contribution in [0.5, 0.6) is 17.2 Å². The van der Waals surface area contributed by atoms with Gasteiger partial charge in [0.25, 0.3) is 5.91 Å². The first-order chi connectivity index (χ1) is 13.7. The molecule has 1 aromatic carbocycles. The summed E-state index contributed by atoms with van der Waals surface area (Å²) in [5.74, 6) is -0.519. The molecule has 0 aliphatic carbocycles. The molecule has 0 bridgehead atoms. The van der Waals surface area contributed by atoms with E-state index in [9.17, 15) is 14.9 Å². The van der Waals surface area contributed by atoms with Crippen molar-refractivity contribution in [3.8, 4) is 17.2 Å². The molecule has 0 radical (unpaired) electrons. The highest BCUT2D eigenvalue weighted by atomic mass is 16.6. The molecular weight excluding hydrogens is 382 g/mol. The van der Waals surface area contributed by atoms with Gasteiger partial charge in [0.2, 0.25) is 11.5 Å². The fourth-order valence-electron chi connectivity index (χ4n) is 3.54. The van der Waals surface area contributed by atoms with Crippen molar-refractivity contribution in [1.82, 2.24) is 10.2 Å². The molecule has 29 heavy (non-hydrogen) atoms. The fourth-order valence-corrected chi connectivity index (χ4v) is 3.54. The van der Waals surface area contributed by atoms with Gasteiger partial charge in [0, 0.05) is 31.7 Å². The molecule has 1 heterocycles. The van der Waals surface area contributed by atoms with E-state index in [1.54, 1.807) is 0 Å². The minimum atomic E-state index is -0.662. The Morgan fingerprint density at radius 2 is 1.83 bits per heavy atom. The first-order valence-corrected chi connectivity index (χ1v) is 9.38. The summed E-state index contributed by atoms with van der Waals surface area (Å²) in [4.78, 5) is 26.0. The Kier molecular flexibility index (Phi) is 7.63. The molecule has 10 heteroatoms. The Morgan fingerprint density at radius 1 is 1.24 bits per heavy atom. The van der Waals surface area contributed by atoms with Gasteiger partial charge in [-0.3, -0.25) is 19.8 Å². The van der Waals surface area contributed by atoms with Crippen LogP contribution in [0.25, 0.3) is 0 Å². The Morgan fingerprint density at radius 3 is 2.31 bits per heavy atom. The van der Waals surface area contributed by atoms with E-state index < -0.39 is 16.5 Å². The number of methoxy groups -OCH3 is 3. The molecule has 1 aliphatic heterocycles. The smallest absolute Gasteiger partial charge is 0.327 e. The molecule has 1 N–H and O–H groups in total. The number of rotatable bonds is 8. The number of morpholine rings is 1. The maximum absolute atomic E-state index is 12.8. The second-order valence-electron chi connectivity index (χ2n) is 7.07. The number of nitro benzene ring substituents is 1. The predicted octanol–water partition coefficient (Wildman–Crippen LogP) is 1.85. The van der Waals surface area contributed by atoms with E-state index in [0.717, 1.165) is 13.1 Å². The van der Waals surface area contributed by atoms with Crippen molar-refractivity contribution in [3.63, 3.8) is 0 Å². The van der Waals surface area contributed by atoms with Crippen molar-refractivity contribution in [1.29, 1.82) is 0 Å². The largest absolute Gasteiger partial charge is 0.493 e. The summed E-state index contributed by atoms with van der Waals surface area (Å²) in [5, 5.41) is 14.4. The lowest BCUT2D eigenvalue weighted by Gasteiger charge is -2.39. The van der Waals surface area contributed by atoms with Gasteiger partial charge in [-0.1, -0.05) is 0 Å². The molecule has 1 amide bonds. The number of nitrogens with zero attached hydrogens (tertiary/aromatic N) is 2. The zero-order valence-electron chi connectivity index (χ0n) is 17.7. The van der Waals surface area contributed by atoms with Crippen molar-refractivity contribution >= 4 is 11.6 Å². The summed E-state index contributed by atoms with van der Waals surface area (Å²) in [6.45, 7) is 7.85. The third-order valence-electron chi connectivity index (χ3n) is 4.86. The Balaban J connectivity index is 2.24. The monoisotopic (exact) mass is 411 g/mol. The molecule has 1 saturated heterocycles. The number of hydrogen-bond donors (Lipinski definition) is 1. The molecule has 162 valence electrons. The van der Waals surface area contributed by atoms with Gasteiger partial charge < -0.3 is 24.3 Å². The van der Waals surface area contributed by atoms with Crippen LogP contribution in [0.4, 0.5) is 5.69 Å². The maximum Gasteiger partial charge on any atom is 0.327 e. The Hall–Kier alpha value is -2.59. The number of nitrogens with one attached hydrogen (secondary N) is 1. The van der Waals surface area contributed by atoms with Crippen LogP contribution >= 0.6 is 0 Å². The highest BCUT2D eigenvalue weighted by molar-refractivity contribution is 6.00. The van der Waals surface area contributed by atoms with Gasteiger partial charge in [0.1, 0.15) is 5.56 Å². The second kappa shape index (κ2) is 9.75. The van der Waals surface area contributed by atoms with E-state index in [1.165, 1.54) is 27.4 Å². The van der Waals surface area contributed by atoms with Crippen LogP contribution in [0.15, 0.2) is 6.07 Å². The molecule has 0 unspecified atom stereocenters. The Labute approximate surface area is 170 Å². The third-order valence-corrected chi connectivity index (χ3v) is 4.86. The summed E-state index contributed by atoms with van der Waals surface area (Å²) in [5.41, 5.74) is -0.621. The van der Waals surface area contributed by atoms with Crippen molar-refractivity contribution in [3.05, 3.63) is 21.7 Å². The fraction of sp³-hybridized carbons (Fsp3) is 0.632. The molecule has 1 aliphatic rings. The number of carbonyl (C=O) groups is 1. The molecule has 10 nitrogen and oxygen atoms in total. The average Bonchev–Trinajstić information content (AvgIpc) is 2.68. The molecule has 1 fully saturated rings. The quantitative estimate of drug-likeness (QED) is 0.509. The van der Waals surface area contributed by atoms with Gasteiger partial charge >= 0.3 is 5.69 Å². The molecule has 1 aromatic rings. The SMILES string of the molecule is COc1cc(C(=O)NC[C@H](C)N2C[C@H](C)O[C@@H](C)C2)c([N+](=O)[O-])c(OC)c1OC. The Bertz CT molecular complexity index is 746. The summed E-state index contributed by atoms with van der Waals surface area (Å²) in [6.07, 6.45) is 0.209. The molecule has 2 rings (SSSR count). The van der Waals surface area contributed by atoms with E-state index in [4.69, 9.17) is 18.9 Å². The van der Waals surface area contributed by atoms with Gasteiger partial charge in [0.15, 0.2) is 5.75 Å². The summed E-state index contributed by atoms with van der Waals surface area (Å²) in [6, 6.07) is 1.33. The lowest BCUT2D eigenvalue weighted by Crippen LogP contribution is -2.52. The number of carbonyl (C=O) groups excluding carboxylic acids is 1. The van der Waals surface area contributed by atoms with Crippen LogP contribution in [0.1, 0.15) is 31.1 Å². The van der Waals surface area contributed by atoms with E-state index in [0.29, 0.717) is 6.54 Å². The summed E-state index contributed by atoms with van der Waals surface area (Å²) < 4.78 is 21.3. The van der Waals surface area contributed by atoms with Crippen LogP contribution in [-0.4, -0.2) is 74.9 Å².